The molecule has 1 rings (SSSR count). The van der Waals surface area contributed by atoms with Gasteiger partial charge in [-0.3, -0.25) is 0 Å². The molecular weight excluding hydrogens is 439 g/mol. The number of unbranched alkanes of at least 4 members (excludes halogenated alkanes) is 18. The smallest absolute Gasteiger partial charge is 0.0533 e. The van der Waals surface area contributed by atoms with Crippen LogP contribution >= 0.6 is 7.28 Å². The SMILES string of the molecule is CCCCCCCCCCCCP(O)(O)(O)CCCCCCCCCCCCC1CCCCC1. The summed E-state index contributed by atoms with van der Waals surface area (Å²) in [6.45, 7) is 2.25. The second-order valence-corrected chi connectivity index (χ2v) is 15.4. The van der Waals surface area contributed by atoms with Gasteiger partial charge in [-0.25, -0.2) is 0 Å². The van der Waals surface area contributed by atoms with Crippen LogP contribution in [0, 0.1) is 5.92 Å². The van der Waals surface area contributed by atoms with Crippen LogP contribution in [0.25, 0.3) is 0 Å². The first-order valence-corrected chi connectivity index (χ1v) is 18.1. The van der Waals surface area contributed by atoms with Gasteiger partial charge in [0.15, 0.2) is 0 Å². The van der Waals surface area contributed by atoms with Gasteiger partial charge < -0.3 is 0 Å². The van der Waals surface area contributed by atoms with Crippen molar-refractivity contribution in [2.24, 2.45) is 5.92 Å². The van der Waals surface area contributed by atoms with E-state index in [1.165, 1.54) is 128 Å². The third kappa shape index (κ3) is 20.5. The fourth-order valence-electron chi connectivity index (χ4n) is 5.79. The Balaban J connectivity index is 1.85. The van der Waals surface area contributed by atoms with Gasteiger partial charge in [0.2, 0.25) is 0 Å². The first kappa shape index (κ1) is 32.3. The molecule has 0 unspecified atom stereocenters. The maximum atomic E-state index is 10.4. The van der Waals surface area contributed by atoms with Gasteiger partial charge in [0.05, 0.1) is 0 Å². The van der Waals surface area contributed by atoms with Crippen LogP contribution in [0.2, 0.25) is 0 Å². The summed E-state index contributed by atoms with van der Waals surface area (Å²) in [7, 11) is -4.37. The summed E-state index contributed by atoms with van der Waals surface area (Å²) in [5.41, 5.74) is 0. The minimum atomic E-state index is -4.37. The molecule has 3 N–H and O–H groups in total. The van der Waals surface area contributed by atoms with Crippen molar-refractivity contribution in [3.05, 3.63) is 0 Å². The molecule has 0 amide bonds. The minimum absolute atomic E-state index is 0.211. The Morgan fingerprint density at radius 1 is 0.471 bits per heavy atom. The average molecular weight is 503 g/mol. The van der Waals surface area contributed by atoms with E-state index in [1.54, 1.807) is 0 Å². The number of hydrogen-bond acceptors (Lipinski definition) is 3. The molecule has 0 atom stereocenters. The van der Waals surface area contributed by atoms with Crippen molar-refractivity contribution in [2.45, 2.75) is 174 Å². The molecule has 206 valence electrons. The first-order chi connectivity index (χ1) is 16.4. The molecule has 1 fully saturated rings. The Labute approximate surface area is 214 Å². The van der Waals surface area contributed by atoms with Crippen molar-refractivity contribution < 1.29 is 14.7 Å². The molecule has 0 aliphatic heterocycles. The average Bonchev–Trinajstić information content (AvgIpc) is 2.81. The predicted molar refractivity (Wildman–Crippen MR) is 153 cm³/mol. The van der Waals surface area contributed by atoms with Gasteiger partial charge in [-0.2, -0.15) is 0 Å². The fraction of sp³-hybridized carbons (Fsp3) is 1.00. The van der Waals surface area contributed by atoms with E-state index in [-0.39, 0.29) is 12.3 Å². The summed E-state index contributed by atoms with van der Waals surface area (Å²) in [6.07, 6.45) is 33.9. The molecule has 0 spiro atoms. The van der Waals surface area contributed by atoms with Crippen molar-refractivity contribution in [1.29, 1.82) is 0 Å². The predicted octanol–water partition coefficient (Wildman–Crippen LogP) is 10.1. The van der Waals surface area contributed by atoms with E-state index in [9.17, 15) is 14.7 Å². The van der Waals surface area contributed by atoms with Gasteiger partial charge >= 0.3 is 176 Å². The Bertz CT molecular complexity index is 440. The molecule has 0 aromatic heterocycles. The van der Waals surface area contributed by atoms with Crippen molar-refractivity contribution in [2.75, 3.05) is 12.3 Å². The maximum absolute atomic E-state index is 10.4. The van der Waals surface area contributed by atoms with E-state index in [4.69, 9.17) is 0 Å². The van der Waals surface area contributed by atoms with Crippen LogP contribution in [0.3, 0.4) is 0 Å². The molecular formula is C30H63O3P. The van der Waals surface area contributed by atoms with Crippen LogP contribution in [0.5, 0.6) is 0 Å². The molecule has 0 saturated heterocycles. The van der Waals surface area contributed by atoms with E-state index in [2.05, 4.69) is 6.92 Å². The van der Waals surface area contributed by atoms with Crippen LogP contribution in [0.4, 0.5) is 0 Å². The monoisotopic (exact) mass is 502 g/mol. The van der Waals surface area contributed by atoms with E-state index >= 15 is 0 Å². The fourth-order valence-corrected chi connectivity index (χ4v) is 7.76. The first-order valence-electron chi connectivity index (χ1n) is 15.7. The van der Waals surface area contributed by atoms with Crippen LogP contribution in [-0.2, 0) is 0 Å². The van der Waals surface area contributed by atoms with E-state index in [0.29, 0.717) is 0 Å². The Kier molecular flexibility index (Phi) is 19.4. The molecule has 0 aromatic rings. The van der Waals surface area contributed by atoms with Crippen LogP contribution < -0.4 is 0 Å². The van der Waals surface area contributed by atoms with Gasteiger partial charge in [-0.05, 0) is 5.92 Å². The standard InChI is InChI=1S/C30H63O3P/c1-2-3-4-5-6-7-11-14-17-23-28-34(31,32,33)29-24-18-15-12-9-8-10-13-16-20-25-30-26-21-19-22-27-30/h30-33H,2-29H2,1H3. The summed E-state index contributed by atoms with van der Waals surface area (Å²) in [4.78, 5) is 31.1. The summed E-state index contributed by atoms with van der Waals surface area (Å²) >= 11 is 0. The molecule has 1 aliphatic rings. The molecule has 1 aliphatic carbocycles. The van der Waals surface area contributed by atoms with Crippen molar-refractivity contribution >= 4 is 7.28 Å². The zero-order valence-electron chi connectivity index (χ0n) is 23.2. The quantitative estimate of drug-likeness (QED) is 0.0908. The van der Waals surface area contributed by atoms with Crippen LogP contribution in [-0.4, -0.2) is 27.0 Å². The molecule has 0 radical (unpaired) electrons. The van der Waals surface area contributed by atoms with Crippen LogP contribution in [0.1, 0.15) is 174 Å². The summed E-state index contributed by atoms with van der Waals surface area (Å²) in [5, 5.41) is 0. The molecule has 0 heterocycles. The van der Waals surface area contributed by atoms with Crippen LogP contribution in [0.15, 0.2) is 0 Å². The Hall–Kier alpha value is 0.310. The van der Waals surface area contributed by atoms with E-state index < -0.39 is 7.28 Å². The number of hydrogen-bond donors (Lipinski definition) is 3. The van der Waals surface area contributed by atoms with Crippen molar-refractivity contribution in [1.82, 2.24) is 0 Å². The zero-order chi connectivity index (χ0) is 24.8. The number of rotatable bonds is 24. The van der Waals surface area contributed by atoms with E-state index in [1.807, 2.05) is 0 Å². The topological polar surface area (TPSA) is 60.7 Å². The van der Waals surface area contributed by atoms with Crippen molar-refractivity contribution in [3.63, 3.8) is 0 Å². The summed E-state index contributed by atoms with van der Waals surface area (Å²) in [6, 6.07) is 0. The van der Waals surface area contributed by atoms with E-state index in [0.717, 1.165) is 44.4 Å². The third-order valence-corrected chi connectivity index (χ3v) is 10.6. The minimum Gasteiger partial charge on any atom is -0.0533 e. The van der Waals surface area contributed by atoms with Gasteiger partial charge in [0, 0.05) is 0 Å². The summed E-state index contributed by atoms with van der Waals surface area (Å²) in [5.74, 6) is 1.04. The second-order valence-electron chi connectivity index (χ2n) is 11.8. The molecule has 4 heteroatoms. The van der Waals surface area contributed by atoms with Gasteiger partial charge in [0.25, 0.3) is 0 Å². The third-order valence-electron chi connectivity index (χ3n) is 8.17. The molecule has 1 saturated carbocycles. The van der Waals surface area contributed by atoms with Gasteiger partial charge in [-0.15, -0.1) is 0 Å². The Morgan fingerprint density at radius 2 is 0.824 bits per heavy atom. The molecule has 3 nitrogen and oxygen atoms in total. The summed E-state index contributed by atoms with van der Waals surface area (Å²) < 4.78 is 0. The molecule has 34 heavy (non-hydrogen) atoms. The second kappa shape index (κ2) is 20.4. The normalized spacial score (nSPS) is 16.5. The molecule has 0 aromatic carbocycles. The van der Waals surface area contributed by atoms with Crippen molar-refractivity contribution in [3.8, 4) is 0 Å². The van der Waals surface area contributed by atoms with Gasteiger partial charge in [0.1, 0.15) is 0 Å². The zero-order valence-corrected chi connectivity index (χ0v) is 24.1. The molecule has 0 bridgehead atoms. The van der Waals surface area contributed by atoms with Gasteiger partial charge in [-0.1, -0.05) is 32.1 Å². The Morgan fingerprint density at radius 3 is 1.24 bits per heavy atom.